The molecular weight excluding hydrogens is 296 g/mol. The molecule has 22 heavy (non-hydrogen) atoms. The van der Waals surface area contributed by atoms with Crippen molar-refractivity contribution in [3.63, 3.8) is 0 Å². The van der Waals surface area contributed by atoms with E-state index in [9.17, 15) is 5.11 Å². The topological polar surface area (TPSA) is 87.0 Å². The zero-order valence-corrected chi connectivity index (χ0v) is 14.2. The van der Waals surface area contributed by atoms with Gasteiger partial charge in [0.15, 0.2) is 0 Å². The Morgan fingerprint density at radius 1 is 1.36 bits per heavy atom. The van der Waals surface area contributed by atoms with Crippen molar-refractivity contribution in [1.29, 1.82) is 0 Å². The number of nitrogens with one attached hydrogen (secondary N) is 2. The van der Waals surface area contributed by atoms with Crippen molar-refractivity contribution in [3.05, 3.63) is 23.4 Å². The molecule has 0 aromatic carbocycles. The number of aliphatic hydroxyl groups excluding tert-OH is 1. The predicted octanol–water partition coefficient (Wildman–Crippen LogP) is 3.44. The molecule has 1 aliphatic heterocycles. The average molecular weight is 322 g/mol. The second-order valence-electron chi connectivity index (χ2n) is 5.47. The minimum absolute atomic E-state index is 0.642. The predicted molar refractivity (Wildman–Crippen MR) is 92.8 cm³/mol. The number of unbranched alkanes of at least 4 members (excludes halogenated alkanes) is 3. The molecule has 3 heterocycles. The van der Waals surface area contributed by atoms with E-state index in [0.717, 1.165) is 34.7 Å². The number of nitrogens with zero attached hydrogens (tertiary/aromatic N) is 1. The molecule has 0 amide bonds. The van der Waals surface area contributed by atoms with Crippen LogP contribution in [0.2, 0.25) is 0 Å². The van der Waals surface area contributed by atoms with Gasteiger partial charge >= 0.3 is 0 Å². The van der Waals surface area contributed by atoms with Crippen LogP contribution in [0.1, 0.15) is 56.9 Å². The number of fused-ring (bicyclic) bond motifs is 1. The summed E-state index contributed by atoms with van der Waals surface area (Å²) in [6.07, 6.45) is 7.50. The molecule has 6 heteroatoms. The molecule has 5 nitrogen and oxygen atoms in total. The average Bonchev–Trinajstić information content (AvgIpc) is 3.14. The third kappa shape index (κ3) is 3.88. The summed E-state index contributed by atoms with van der Waals surface area (Å²) < 4.78 is 0. The van der Waals surface area contributed by atoms with Crippen molar-refractivity contribution in [3.8, 4) is 10.6 Å². The van der Waals surface area contributed by atoms with Gasteiger partial charge in [-0.05, 0) is 18.1 Å². The quantitative estimate of drug-likeness (QED) is 0.649. The monoisotopic (exact) mass is 322 g/mol. The number of aliphatic hydroxyl groups is 1. The third-order valence-corrected chi connectivity index (χ3v) is 4.88. The van der Waals surface area contributed by atoms with E-state index >= 15 is 0 Å². The van der Waals surface area contributed by atoms with Crippen LogP contribution in [0.3, 0.4) is 0 Å². The molecule has 0 spiro atoms. The summed E-state index contributed by atoms with van der Waals surface area (Å²) in [4.78, 5) is 1.09. The van der Waals surface area contributed by atoms with Gasteiger partial charge in [0.1, 0.15) is 6.23 Å². The Hall–Kier alpha value is -1.37. The molecular formula is C16H26N4OS. The highest BCUT2D eigenvalue weighted by Crippen LogP contribution is 2.41. The van der Waals surface area contributed by atoms with Crippen LogP contribution < -0.4 is 11.1 Å². The smallest absolute Gasteiger partial charge is 0.134 e. The van der Waals surface area contributed by atoms with Crippen LogP contribution in [0, 0.1) is 0 Å². The van der Waals surface area contributed by atoms with Crippen LogP contribution >= 0.6 is 11.3 Å². The van der Waals surface area contributed by atoms with Gasteiger partial charge in [-0.2, -0.15) is 5.10 Å². The molecule has 3 rings (SSSR count). The van der Waals surface area contributed by atoms with Crippen LogP contribution in [0.25, 0.3) is 10.6 Å². The largest absolute Gasteiger partial charge is 0.390 e. The summed E-state index contributed by atoms with van der Waals surface area (Å²) in [5.41, 5.74) is 8.88. The molecule has 122 valence electrons. The SMILES string of the molecule is CCCCCC.Nc1sc(-c2ccn[nH]2)c2c1C(O)NCC2. The van der Waals surface area contributed by atoms with E-state index in [4.69, 9.17) is 5.73 Å². The number of nitrogens with two attached hydrogens (primary N) is 1. The number of H-pyrrole nitrogens is 1. The molecule has 5 N–H and O–H groups in total. The Bertz CT molecular complexity index is 561. The Labute approximate surface area is 135 Å². The lowest BCUT2D eigenvalue weighted by Gasteiger charge is -2.20. The number of thiophene rings is 1. The van der Waals surface area contributed by atoms with Gasteiger partial charge in [0.05, 0.1) is 15.6 Å². The van der Waals surface area contributed by atoms with Crippen LogP contribution in [-0.4, -0.2) is 21.8 Å². The fourth-order valence-corrected chi connectivity index (χ4v) is 3.70. The maximum atomic E-state index is 9.84. The van der Waals surface area contributed by atoms with E-state index in [1.54, 1.807) is 6.20 Å². The van der Waals surface area contributed by atoms with E-state index in [0.29, 0.717) is 5.00 Å². The minimum Gasteiger partial charge on any atom is -0.390 e. The maximum absolute atomic E-state index is 9.84. The molecule has 0 radical (unpaired) electrons. The van der Waals surface area contributed by atoms with Crippen LogP contribution in [0.4, 0.5) is 5.00 Å². The zero-order chi connectivity index (χ0) is 15.9. The number of hydrogen-bond acceptors (Lipinski definition) is 5. The molecule has 0 saturated carbocycles. The summed E-state index contributed by atoms with van der Waals surface area (Å²) in [5, 5.41) is 20.4. The summed E-state index contributed by atoms with van der Waals surface area (Å²) >= 11 is 1.50. The van der Waals surface area contributed by atoms with E-state index < -0.39 is 6.23 Å². The first-order chi connectivity index (χ1) is 10.7. The van der Waals surface area contributed by atoms with Crippen LogP contribution in [0.15, 0.2) is 12.3 Å². The summed E-state index contributed by atoms with van der Waals surface area (Å²) in [5.74, 6) is 0. The van der Waals surface area contributed by atoms with E-state index in [1.165, 1.54) is 37.0 Å². The van der Waals surface area contributed by atoms with Crippen molar-refractivity contribution in [2.24, 2.45) is 0 Å². The van der Waals surface area contributed by atoms with E-state index in [-0.39, 0.29) is 0 Å². The lowest BCUT2D eigenvalue weighted by Crippen LogP contribution is -2.29. The number of hydrogen-bond donors (Lipinski definition) is 4. The standard InChI is InChI=1S/C10H12N4OS.C6H14/c11-9-7-5(1-3-12-10(7)15)8(16-9)6-2-4-13-14-6;1-3-5-6-4-2/h2,4,10,12,15H,1,3,11H2,(H,13,14);3-6H2,1-2H3. The fraction of sp³-hybridized carbons (Fsp3) is 0.562. The minimum atomic E-state index is -0.642. The van der Waals surface area contributed by atoms with Gasteiger partial charge in [-0.1, -0.05) is 39.5 Å². The van der Waals surface area contributed by atoms with Crippen LogP contribution in [-0.2, 0) is 6.42 Å². The lowest BCUT2D eigenvalue weighted by molar-refractivity contribution is 0.133. The number of aromatic amines is 1. The third-order valence-electron chi connectivity index (χ3n) is 3.77. The molecule has 0 aliphatic carbocycles. The highest BCUT2D eigenvalue weighted by atomic mass is 32.1. The second kappa shape index (κ2) is 8.31. The summed E-state index contributed by atoms with van der Waals surface area (Å²) in [7, 11) is 0. The van der Waals surface area contributed by atoms with Gasteiger partial charge < -0.3 is 10.8 Å². The fourth-order valence-electron chi connectivity index (χ4n) is 2.58. The normalized spacial score (nSPS) is 16.8. The van der Waals surface area contributed by atoms with Gasteiger partial charge in [-0.25, -0.2) is 0 Å². The molecule has 0 bridgehead atoms. The van der Waals surface area contributed by atoms with Gasteiger partial charge in [-0.3, -0.25) is 10.4 Å². The Balaban J connectivity index is 0.000000254. The maximum Gasteiger partial charge on any atom is 0.134 e. The zero-order valence-electron chi connectivity index (χ0n) is 13.4. The number of anilines is 1. The highest BCUT2D eigenvalue weighted by molar-refractivity contribution is 7.19. The van der Waals surface area contributed by atoms with E-state index in [2.05, 4.69) is 29.4 Å². The second-order valence-corrected chi connectivity index (χ2v) is 6.52. The van der Waals surface area contributed by atoms with Crippen LogP contribution in [0.5, 0.6) is 0 Å². The van der Waals surface area contributed by atoms with Crippen molar-refractivity contribution in [1.82, 2.24) is 15.5 Å². The first-order valence-electron chi connectivity index (χ1n) is 8.01. The van der Waals surface area contributed by atoms with E-state index in [1.807, 2.05) is 6.07 Å². The number of nitrogen functional groups attached to an aromatic ring is 1. The molecule has 1 unspecified atom stereocenters. The number of rotatable bonds is 4. The molecule has 0 saturated heterocycles. The van der Waals surface area contributed by atoms with Crippen molar-refractivity contribution in [2.45, 2.75) is 52.2 Å². The van der Waals surface area contributed by atoms with Gasteiger partial charge in [-0.15, -0.1) is 11.3 Å². The summed E-state index contributed by atoms with van der Waals surface area (Å²) in [6, 6.07) is 1.92. The molecule has 2 aromatic rings. The lowest BCUT2D eigenvalue weighted by atomic mass is 10.0. The highest BCUT2D eigenvalue weighted by Gasteiger charge is 2.26. The Morgan fingerprint density at radius 3 is 2.68 bits per heavy atom. The molecule has 1 atom stereocenters. The Kier molecular flexibility index (Phi) is 6.42. The van der Waals surface area contributed by atoms with Crippen molar-refractivity contribution < 1.29 is 5.11 Å². The number of aromatic nitrogens is 2. The van der Waals surface area contributed by atoms with Gasteiger partial charge in [0, 0.05) is 18.3 Å². The van der Waals surface area contributed by atoms with Gasteiger partial charge in [0.2, 0.25) is 0 Å². The molecule has 2 aromatic heterocycles. The van der Waals surface area contributed by atoms with Crippen molar-refractivity contribution >= 4 is 16.3 Å². The first kappa shape index (κ1) is 17.0. The first-order valence-corrected chi connectivity index (χ1v) is 8.82. The Morgan fingerprint density at radius 2 is 2.09 bits per heavy atom. The molecule has 1 aliphatic rings. The molecule has 0 fully saturated rings. The van der Waals surface area contributed by atoms with Crippen molar-refractivity contribution in [2.75, 3.05) is 12.3 Å². The summed E-state index contributed by atoms with van der Waals surface area (Å²) in [6.45, 7) is 5.23. The van der Waals surface area contributed by atoms with Gasteiger partial charge in [0.25, 0.3) is 0 Å².